The Bertz CT molecular complexity index is 710. The van der Waals surface area contributed by atoms with Crippen molar-refractivity contribution in [3.05, 3.63) is 29.3 Å². The molecule has 0 N–H and O–H groups in total. The van der Waals surface area contributed by atoms with E-state index in [4.69, 9.17) is 0 Å². The minimum Gasteiger partial charge on any atom is -0.342 e. The Morgan fingerprint density at radius 1 is 1.36 bits per heavy atom. The van der Waals surface area contributed by atoms with Crippen LogP contribution in [0.25, 0.3) is 0 Å². The van der Waals surface area contributed by atoms with Crippen LogP contribution >= 0.6 is 11.8 Å². The highest BCUT2D eigenvalue weighted by molar-refractivity contribution is 8.16. The molecule has 0 bridgehead atoms. The number of amidine groups is 1. The summed E-state index contributed by atoms with van der Waals surface area (Å²) in [6.07, 6.45) is 7.63. The standard InChI is InChI=1S/C18H25N5OS/c1-2-21-10-7-19-17(21)14-5-3-8-22(12-14)16(24)11-15-13-25-18-20-6-4-9-23(15)18/h7,10,13-14H,2-6,8-9,11-12H2,1H3. The van der Waals surface area contributed by atoms with Crippen LogP contribution < -0.4 is 0 Å². The van der Waals surface area contributed by atoms with Crippen LogP contribution in [0, 0.1) is 0 Å². The van der Waals surface area contributed by atoms with Gasteiger partial charge >= 0.3 is 0 Å². The molecule has 1 saturated heterocycles. The largest absolute Gasteiger partial charge is 0.342 e. The molecule has 7 heteroatoms. The third-order valence-corrected chi connectivity index (χ3v) is 6.18. The number of hydrogen-bond donors (Lipinski definition) is 0. The lowest BCUT2D eigenvalue weighted by molar-refractivity contribution is -0.131. The number of hydrogen-bond acceptors (Lipinski definition) is 5. The van der Waals surface area contributed by atoms with Crippen molar-refractivity contribution in [2.75, 3.05) is 26.2 Å². The second-order valence-corrected chi connectivity index (χ2v) is 7.66. The summed E-state index contributed by atoms with van der Waals surface area (Å²) in [4.78, 5) is 26.2. The first-order chi connectivity index (χ1) is 12.3. The van der Waals surface area contributed by atoms with E-state index in [0.717, 1.165) is 68.7 Å². The predicted octanol–water partition coefficient (Wildman–Crippen LogP) is 2.65. The highest BCUT2D eigenvalue weighted by atomic mass is 32.2. The van der Waals surface area contributed by atoms with Gasteiger partial charge in [-0.2, -0.15) is 0 Å². The summed E-state index contributed by atoms with van der Waals surface area (Å²) < 4.78 is 2.20. The average Bonchev–Trinajstić information content (AvgIpc) is 3.29. The molecule has 0 saturated carbocycles. The number of aryl methyl sites for hydroxylation is 1. The number of thioether (sulfide) groups is 1. The molecule has 3 aliphatic heterocycles. The summed E-state index contributed by atoms with van der Waals surface area (Å²) in [5, 5.41) is 3.17. The smallest absolute Gasteiger partial charge is 0.228 e. The molecule has 0 radical (unpaired) electrons. The Balaban J connectivity index is 1.41. The molecule has 6 nitrogen and oxygen atoms in total. The number of carbonyl (C=O) groups excluding carboxylic acids is 1. The summed E-state index contributed by atoms with van der Waals surface area (Å²) in [6.45, 7) is 6.62. The van der Waals surface area contributed by atoms with E-state index >= 15 is 0 Å². The summed E-state index contributed by atoms with van der Waals surface area (Å²) in [6, 6.07) is 0. The van der Waals surface area contributed by atoms with E-state index in [1.165, 1.54) is 0 Å². The van der Waals surface area contributed by atoms with Crippen molar-refractivity contribution < 1.29 is 4.79 Å². The number of aliphatic imine (C=N–C) groups is 1. The molecule has 1 aromatic rings. The zero-order valence-electron chi connectivity index (χ0n) is 14.7. The van der Waals surface area contributed by atoms with Crippen molar-refractivity contribution in [3.8, 4) is 0 Å². The molecule has 4 rings (SSSR count). The van der Waals surface area contributed by atoms with Crippen LogP contribution in [-0.2, 0) is 11.3 Å². The van der Waals surface area contributed by atoms with Crippen molar-refractivity contribution in [1.29, 1.82) is 0 Å². The van der Waals surface area contributed by atoms with Crippen LogP contribution in [0.5, 0.6) is 0 Å². The Hall–Kier alpha value is -1.76. The van der Waals surface area contributed by atoms with Gasteiger partial charge in [0.05, 0.1) is 6.42 Å². The van der Waals surface area contributed by atoms with Gasteiger partial charge in [-0.05, 0) is 31.6 Å². The Morgan fingerprint density at radius 3 is 3.16 bits per heavy atom. The zero-order valence-corrected chi connectivity index (χ0v) is 15.5. The lowest BCUT2D eigenvalue weighted by Crippen LogP contribution is -2.41. The number of amides is 1. The van der Waals surface area contributed by atoms with E-state index in [0.29, 0.717) is 12.3 Å². The quantitative estimate of drug-likeness (QED) is 0.829. The highest BCUT2D eigenvalue weighted by Crippen LogP contribution is 2.32. The maximum Gasteiger partial charge on any atom is 0.228 e. The second-order valence-electron chi connectivity index (χ2n) is 6.82. The normalized spacial score (nSPS) is 23.3. The molecule has 134 valence electrons. The van der Waals surface area contributed by atoms with Gasteiger partial charge in [0.15, 0.2) is 5.17 Å². The first-order valence-electron chi connectivity index (χ1n) is 9.22. The average molecular weight is 359 g/mol. The van der Waals surface area contributed by atoms with Crippen LogP contribution in [0.1, 0.15) is 44.3 Å². The van der Waals surface area contributed by atoms with E-state index in [2.05, 4.69) is 31.8 Å². The zero-order chi connectivity index (χ0) is 17.2. The van der Waals surface area contributed by atoms with Gasteiger partial charge in [-0.25, -0.2) is 4.98 Å². The molecular formula is C18H25N5OS. The van der Waals surface area contributed by atoms with Gasteiger partial charge in [-0.1, -0.05) is 11.8 Å². The fourth-order valence-electron chi connectivity index (χ4n) is 3.90. The second kappa shape index (κ2) is 7.23. The highest BCUT2D eigenvalue weighted by Gasteiger charge is 2.31. The maximum atomic E-state index is 12.9. The molecular weight excluding hydrogens is 334 g/mol. The monoisotopic (exact) mass is 359 g/mol. The van der Waals surface area contributed by atoms with Crippen molar-refractivity contribution >= 4 is 22.8 Å². The molecule has 0 spiro atoms. The topological polar surface area (TPSA) is 53.7 Å². The number of carbonyl (C=O) groups is 1. The predicted molar refractivity (Wildman–Crippen MR) is 100 cm³/mol. The van der Waals surface area contributed by atoms with Crippen molar-refractivity contribution in [3.63, 3.8) is 0 Å². The number of likely N-dealkylation sites (tertiary alicyclic amines) is 1. The van der Waals surface area contributed by atoms with Crippen LogP contribution in [0.3, 0.4) is 0 Å². The van der Waals surface area contributed by atoms with Crippen LogP contribution in [0.15, 0.2) is 28.5 Å². The molecule has 3 aliphatic rings. The Labute approximate surface area is 153 Å². The maximum absolute atomic E-state index is 12.9. The minimum atomic E-state index is 0.234. The molecule has 0 aromatic carbocycles. The molecule has 1 atom stereocenters. The number of piperidine rings is 1. The summed E-state index contributed by atoms with van der Waals surface area (Å²) in [5.74, 6) is 1.71. The third kappa shape index (κ3) is 3.34. The van der Waals surface area contributed by atoms with E-state index in [9.17, 15) is 4.79 Å². The lowest BCUT2D eigenvalue weighted by atomic mass is 9.96. The van der Waals surface area contributed by atoms with Gasteiger partial charge in [0.1, 0.15) is 5.82 Å². The van der Waals surface area contributed by atoms with Crippen molar-refractivity contribution in [2.24, 2.45) is 4.99 Å². The van der Waals surface area contributed by atoms with Gasteiger partial charge in [0, 0.05) is 56.7 Å². The van der Waals surface area contributed by atoms with Crippen molar-refractivity contribution in [1.82, 2.24) is 19.4 Å². The van der Waals surface area contributed by atoms with Gasteiger partial charge in [-0.15, -0.1) is 0 Å². The molecule has 1 unspecified atom stereocenters. The Kier molecular flexibility index (Phi) is 4.83. The third-order valence-electron chi connectivity index (χ3n) is 5.22. The van der Waals surface area contributed by atoms with Crippen LogP contribution in [0.4, 0.5) is 0 Å². The fourth-order valence-corrected chi connectivity index (χ4v) is 4.86. The molecule has 0 aliphatic carbocycles. The van der Waals surface area contributed by atoms with Crippen LogP contribution in [0.2, 0.25) is 0 Å². The van der Waals surface area contributed by atoms with E-state index < -0.39 is 0 Å². The van der Waals surface area contributed by atoms with E-state index in [-0.39, 0.29) is 5.91 Å². The molecule has 25 heavy (non-hydrogen) atoms. The summed E-state index contributed by atoms with van der Waals surface area (Å²) in [5.41, 5.74) is 1.12. The number of aromatic nitrogens is 2. The lowest BCUT2D eigenvalue weighted by Gasteiger charge is -2.33. The van der Waals surface area contributed by atoms with Crippen LogP contribution in [-0.4, -0.2) is 56.6 Å². The molecule has 1 aromatic heterocycles. The number of rotatable bonds is 4. The van der Waals surface area contributed by atoms with Gasteiger partial charge in [-0.3, -0.25) is 9.79 Å². The van der Waals surface area contributed by atoms with E-state index in [1.54, 1.807) is 11.8 Å². The van der Waals surface area contributed by atoms with Gasteiger partial charge < -0.3 is 14.4 Å². The molecule has 1 fully saturated rings. The van der Waals surface area contributed by atoms with Crippen molar-refractivity contribution in [2.45, 2.75) is 45.1 Å². The number of nitrogens with zero attached hydrogens (tertiary/aromatic N) is 5. The number of fused-ring (bicyclic) bond motifs is 1. The summed E-state index contributed by atoms with van der Waals surface area (Å²) in [7, 11) is 0. The number of imidazole rings is 1. The Morgan fingerprint density at radius 2 is 2.28 bits per heavy atom. The fraction of sp³-hybridized carbons (Fsp3) is 0.611. The molecule has 1 amide bonds. The SMILES string of the molecule is CCn1ccnc1C1CCCN(C(=O)CC2=CSC3=NCCCN23)C1. The van der Waals surface area contributed by atoms with Gasteiger partial charge in [0.2, 0.25) is 5.91 Å². The minimum absolute atomic E-state index is 0.234. The first kappa shape index (κ1) is 16.7. The molecule has 4 heterocycles. The summed E-state index contributed by atoms with van der Waals surface area (Å²) >= 11 is 1.66. The van der Waals surface area contributed by atoms with E-state index in [1.807, 2.05) is 17.3 Å². The first-order valence-corrected chi connectivity index (χ1v) is 10.1. The van der Waals surface area contributed by atoms with Gasteiger partial charge in [0.25, 0.3) is 0 Å².